The summed E-state index contributed by atoms with van der Waals surface area (Å²) in [5, 5.41) is 0.343. The monoisotopic (exact) mass is 278 g/mol. The fourth-order valence-corrected chi connectivity index (χ4v) is 2.53. The van der Waals surface area contributed by atoms with Gasteiger partial charge in [0.15, 0.2) is 0 Å². The molecule has 0 aliphatic heterocycles. The summed E-state index contributed by atoms with van der Waals surface area (Å²) in [5.74, 6) is 0. The molecular formula is C7H4Cl3F3Si. The van der Waals surface area contributed by atoms with Crippen LogP contribution in [0.1, 0.15) is 5.56 Å². The number of alkyl halides is 3. The maximum atomic E-state index is 12.1. The largest absolute Gasteiger partial charge is 0.416 e. The molecule has 1 rings (SSSR count). The van der Waals surface area contributed by atoms with E-state index in [1.54, 1.807) is 0 Å². The lowest BCUT2D eigenvalue weighted by molar-refractivity contribution is -0.137. The Bertz CT molecular complexity index is 281. The molecule has 0 amide bonds. The van der Waals surface area contributed by atoms with E-state index in [-0.39, 0.29) is 0 Å². The SMILES string of the molecule is FC(F)(F)c1ccc([Si](Cl)(Cl)Cl)cc1. The van der Waals surface area contributed by atoms with E-state index in [4.69, 9.17) is 33.2 Å². The molecule has 0 N–H and O–H groups in total. The van der Waals surface area contributed by atoms with E-state index in [2.05, 4.69) is 0 Å². The quantitative estimate of drug-likeness (QED) is 0.544. The van der Waals surface area contributed by atoms with E-state index in [1.165, 1.54) is 12.1 Å². The standard InChI is InChI=1S/C7H4Cl3F3Si/c8-14(9,10)6-3-1-5(2-4-6)7(11,12)13/h1-4H. The summed E-state index contributed by atoms with van der Waals surface area (Å²) in [6, 6.07) is 1.14. The van der Waals surface area contributed by atoms with Crippen molar-refractivity contribution in [2.45, 2.75) is 6.18 Å². The van der Waals surface area contributed by atoms with Gasteiger partial charge in [0.25, 0.3) is 0 Å². The molecule has 0 spiro atoms. The van der Waals surface area contributed by atoms with Gasteiger partial charge in [-0.3, -0.25) is 0 Å². The average Bonchev–Trinajstić information content (AvgIpc) is 2.01. The molecule has 0 heterocycles. The molecule has 0 aliphatic carbocycles. The Morgan fingerprint density at radius 3 is 1.64 bits per heavy atom. The van der Waals surface area contributed by atoms with Gasteiger partial charge in [0.05, 0.1) is 5.56 Å². The Morgan fingerprint density at radius 1 is 0.929 bits per heavy atom. The topological polar surface area (TPSA) is 0 Å². The molecule has 78 valence electrons. The smallest absolute Gasteiger partial charge is 0.166 e. The zero-order valence-electron chi connectivity index (χ0n) is 6.58. The van der Waals surface area contributed by atoms with Crippen molar-refractivity contribution in [3.05, 3.63) is 29.8 Å². The van der Waals surface area contributed by atoms with Crippen molar-refractivity contribution in [1.82, 2.24) is 0 Å². The summed E-state index contributed by atoms with van der Waals surface area (Å²) in [6.07, 6.45) is -4.35. The Kier molecular flexibility index (Phi) is 3.41. The zero-order chi connectivity index (χ0) is 11.0. The highest BCUT2D eigenvalue weighted by Crippen LogP contribution is 2.29. The second kappa shape index (κ2) is 3.93. The van der Waals surface area contributed by atoms with Crippen LogP contribution in [0.4, 0.5) is 13.2 Å². The van der Waals surface area contributed by atoms with Crippen LogP contribution in [0.15, 0.2) is 24.3 Å². The fourth-order valence-electron chi connectivity index (χ4n) is 0.848. The Morgan fingerprint density at radius 2 is 1.36 bits per heavy atom. The first-order valence-corrected chi connectivity index (χ1v) is 8.49. The minimum absolute atomic E-state index is 0.343. The summed E-state index contributed by atoms with van der Waals surface area (Å²) in [7, 11) is 0. The number of hydrogen-bond donors (Lipinski definition) is 0. The minimum atomic E-state index is -4.35. The van der Waals surface area contributed by atoms with Crippen LogP contribution in [0.3, 0.4) is 0 Å². The van der Waals surface area contributed by atoms with Crippen molar-refractivity contribution in [2.75, 3.05) is 0 Å². The first kappa shape index (κ1) is 12.2. The van der Waals surface area contributed by atoms with Crippen LogP contribution in [-0.4, -0.2) is 6.00 Å². The van der Waals surface area contributed by atoms with Gasteiger partial charge < -0.3 is 0 Å². The highest BCUT2D eigenvalue weighted by Gasteiger charge is 2.32. The summed E-state index contributed by atoms with van der Waals surface area (Å²) < 4.78 is 36.4. The van der Waals surface area contributed by atoms with E-state index in [0.29, 0.717) is 5.19 Å². The van der Waals surface area contributed by atoms with E-state index in [0.717, 1.165) is 12.1 Å². The molecule has 0 unspecified atom stereocenters. The average molecular weight is 280 g/mol. The molecule has 1 aromatic carbocycles. The summed E-state index contributed by atoms with van der Waals surface area (Å²) in [6.45, 7) is 0. The van der Waals surface area contributed by atoms with Crippen molar-refractivity contribution in [3.8, 4) is 0 Å². The second-order valence-electron chi connectivity index (χ2n) is 2.57. The molecule has 0 atom stereocenters. The van der Waals surface area contributed by atoms with Gasteiger partial charge in [-0.05, 0) is 5.19 Å². The third-order valence-corrected chi connectivity index (χ3v) is 4.49. The number of benzene rings is 1. The van der Waals surface area contributed by atoms with E-state index in [1.807, 2.05) is 0 Å². The fraction of sp³-hybridized carbons (Fsp3) is 0.143. The van der Waals surface area contributed by atoms with Crippen molar-refractivity contribution < 1.29 is 13.2 Å². The van der Waals surface area contributed by atoms with E-state index >= 15 is 0 Å². The van der Waals surface area contributed by atoms with Gasteiger partial charge in [0.1, 0.15) is 0 Å². The highest BCUT2D eigenvalue weighted by molar-refractivity contribution is 7.69. The maximum Gasteiger partial charge on any atom is 0.416 e. The van der Waals surface area contributed by atoms with Crippen LogP contribution in [0, 0.1) is 0 Å². The lowest BCUT2D eigenvalue weighted by Crippen LogP contribution is -2.30. The molecular weight excluding hydrogens is 276 g/mol. The predicted molar refractivity (Wildman–Crippen MR) is 54.4 cm³/mol. The molecule has 1 aromatic rings. The molecule has 0 saturated heterocycles. The Hall–Kier alpha value is 0.0969. The zero-order valence-corrected chi connectivity index (χ0v) is 9.84. The third kappa shape index (κ3) is 3.05. The molecule has 14 heavy (non-hydrogen) atoms. The molecule has 0 saturated carbocycles. The summed E-state index contributed by atoms with van der Waals surface area (Å²) in [4.78, 5) is 0. The van der Waals surface area contributed by atoms with E-state index < -0.39 is 17.7 Å². The van der Waals surface area contributed by atoms with Gasteiger partial charge >= 0.3 is 12.2 Å². The van der Waals surface area contributed by atoms with Crippen LogP contribution in [0.5, 0.6) is 0 Å². The summed E-state index contributed by atoms with van der Waals surface area (Å²) in [5.41, 5.74) is -0.746. The molecule has 7 heteroatoms. The first-order chi connectivity index (χ1) is 6.21. The van der Waals surface area contributed by atoms with Crippen LogP contribution >= 0.6 is 33.2 Å². The maximum absolute atomic E-state index is 12.1. The van der Waals surface area contributed by atoms with Crippen LogP contribution in [0.25, 0.3) is 0 Å². The second-order valence-corrected chi connectivity index (χ2v) is 11.0. The van der Waals surface area contributed by atoms with Crippen molar-refractivity contribution in [1.29, 1.82) is 0 Å². The van der Waals surface area contributed by atoms with Gasteiger partial charge in [0.2, 0.25) is 0 Å². The van der Waals surface area contributed by atoms with Gasteiger partial charge in [-0.2, -0.15) is 13.2 Å². The van der Waals surface area contributed by atoms with Crippen LogP contribution in [0.2, 0.25) is 0 Å². The van der Waals surface area contributed by atoms with Crippen LogP contribution < -0.4 is 5.19 Å². The molecule has 0 aromatic heterocycles. The lowest BCUT2D eigenvalue weighted by Gasteiger charge is -2.10. The lowest BCUT2D eigenvalue weighted by atomic mass is 10.2. The van der Waals surface area contributed by atoms with Crippen LogP contribution in [-0.2, 0) is 6.18 Å². The molecule has 0 radical (unpaired) electrons. The van der Waals surface area contributed by atoms with Gasteiger partial charge in [-0.1, -0.05) is 24.3 Å². The molecule has 0 aliphatic rings. The number of hydrogen-bond acceptors (Lipinski definition) is 0. The minimum Gasteiger partial charge on any atom is -0.166 e. The van der Waals surface area contributed by atoms with Gasteiger partial charge in [-0.25, -0.2) is 0 Å². The van der Waals surface area contributed by atoms with E-state index in [9.17, 15) is 13.2 Å². The number of halogens is 6. The van der Waals surface area contributed by atoms with Crippen molar-refractivity contribution in [2.24, 2.45) is 0 Å². The number of rotatable bonds is 1. The molecule has 0 fully saturated rings. The normalized spacial score (nSPS) is 13.0. The molecule has 0 nitrogen and oxygen atoms in total. The Labute approximate surface area is 93.7 Å². The van der Waals surface area contributed by atoms with Gasteiger partial charge in [0, 0.05) is 0 Å². The molecule has 0 bridgehead atoms. The highest BCUT2D eigenvalue weighted by atomic mass is 35.8. The Balaban J connectivity index is 3.02. The van der Waals surface area contributed by atoms with Gasteiger partial charge in [-0.15, -0.1) is 33.2 Å². The first-order valence-electron chi connectivity index (χ1n) is 3.46. The predicted octanol–water partition coefficient (Wildman–Crippen LogP) is 3.57. The van der Waals surface area contributed by atoms with Crippen molar-refractivity contribution >= 4 is 44.4 Å². The van der Waals surface area contributed by atoms with Crippen molar-refractivity contribution in [3.63, 3.8) is 0 Å². The summed E-state index contributed by atoms with van der Waals surface area (Å²) >= 11 is 16.8. The third-order valence-electron chi connectivity index (χ3n) is 1.54.